The Morgan fingerprint density at radius 3 is 1.74 bits per heavy atom. The van der Waals surface area contributed by atoms with Crippen LogP contribution in [0.4, 0.5) is 21.5 Å². The molecule has 0 aliphatic rings. The van der Waals surface area contributed by atoms with Crippen molar-refractivity contribution in [1.82, 2.24) is 0 Å². The monoisotopic (exact) mass is 543 g/mol. The zero-order valence-electron chi connectivity index (χ0n) is 22.3. The van der Waals surface area contributed by atoms with Crippen LogP contribution in [-0.2, 0) is 0 Å². The standard InChI is InChI=1S/C38H22FNO2/c39-24-19-20-36-31(22-24)30-15-8-17-33(38(30)42-36)40(32-16-7-14-29-28-13-5-6-18-35(28)41-37(29)32)34-21-23-9-1-2-10-25(23)26-11-3-4-12-27(26)34/h1-22H. The van der Waals surface area contributed by atoms with E-state index in [1.807, 2.05) is 30.3 Å². The van der Waals surface area contributed by atoms with E-state index in [0.29, 0.717) is 11.2 Å². The Hall–Kier alpha value is -5.61. The second-order valence-electron chi connectivity index (χ2n) is 10.6. The van der Waals surface area contributed by atoms with Crippen molar-refractivity contribution in [2.24, 2.45) is 0 Å². The van der Waals surface area contributed by atoms with Crippen molar-refractivity contribution in [3.63, 3.8) is 0 Å². The van der Waals surface area contributed by atoms with Crippen molar-refractivity contribution < 1.29 is 13.2 Å². The molecule has 9 aromatic rings. The molecule has 42 heavy (non-hydrogen) atoms. The van der Waals surface area contributed by atoms with Crippen LogP contribution in [-0.4, -0.2) is 0 Å². The van der Waals surface area contributed by atoms with Crippen LogP contribution in [0.15, 0.2) is 142 Å². The molecule has 0 saturated carbocycles. The van der Waals surface area contributed by atoms with Gasteiger partial charge in [0.25, 0.3) is 0 Å². The highest BCUT2D eigenvalue weighted by Gasteiger charge is 2.25. The number of para-hydroxylation sites is 3. The molecule has 0 bridgehead atoms. The van der Waals surface area contributed by atoms with Crippen molar-refractivity contribution in [3.05, 3.63) is 139 Å². The number of nitrogens with zero attached hydrogens (tertiary/aromatic N) is 1. The van der Waals surface area contributed by atoms with Gasteiger partial charge in [0, 0.05) is 26.9 Å². The molecule has 0 unspecified atom stereocenters. The van der Waals surface area contributed by atoms with Crippen molar-refractivity contribution in [1.29, 1.82) is 0 Å². The third kappa shape index (κ3) is 3.26. The molecule has 0 aliphatic heterocycles. The summed E-state index contributed by atoms with van der Waals surface area (Å²) in [7, 11) is 0. The molecule has 198 valence electrons. The number of fused-ring (bicyclic) bond motifs is 9. The Bertz CT molecular complexity index is 2500. The Balaban J connectivity index is 1.45. The summed E-state index contributed by atoms with van der Waals surface area (Å²) in [6.45, 7) is 0. The van der Waals surface area contributed by atoms with Gasteiger partial charge in [0.2, 0.25) is 0 Å². The lowest BCUT2D eigenvalue weighted by atomic mass is 9.98. The molecule has 0 amide bonds. The van der Waals surface area contributed by atoms with Gasteiger partial charge in [-0.15, -0.1) is 0 Å². The maximum absolute atomic E-state index is 14.4. The van der Waals surface area contributed by atoms with Gasteiger partial charge in [0.15, 0.2) is 11.2 Å². The van der Waals surface area contributed by atoms with Crippen LogP contribution >= 0.6 is 0 Å². The molecule has 0 fully saturated rings. The van der Waals surface area contributed by atoms with Crippen molar-refractivity contribution in [2.45, 2.75) is 0 Å². The van der Waals surface area contributed by atoms with Crippen LogP contribution in [0.1, 0.15) is 0 Å². The average molecular weight is 544 g/mol. The fourth-order valence-electron chi connectivity index (χ4n) is 6.45. The van der Waals surface area contributed by atoms with Gasteiger partial charge < -0.3 is 13.7 Å². The van der Waals surface area contributed by atoms with Gasteiger partial charge in [-0.2, -0.15) is 0 Å². The number of hydrogen-bond donors (Lipinski definition) is 0. The van der Waals surface area contributed by atoms with Gasteiger partial charge in [0.1, 0.15) is 17.0 Å². The summed E-state index contributed by atoms with van der Waals surface area (Å²) >= 11 is 0. The number of anilines is 3. The maximum Gasteiger partial charge on any atom is 0.159 e. The summed E-state index contributed by atoms with van der Waals surface area (Å²) in [6, 6.07) is 44.3. The van der Waals surface area contributed by atoms with Gasteiger partial charge in [-0.25, -0.2) is 4.39 Å². The van der Waals surface area contributed by atoms with Crippen molar-refractivity contribution in [3.8, 4) is 0 Å². The maximum atomic E-state index is 14.4. The van der Waals surface area contributed by atoms with E-state index in [2.05, 4.69) is 89.8 Å². The van der Waals surface area contributed by atoms with E-state index in [0.717, 1.165) is 65.9 Å². The van der Waals surface area contributed by atoms with Crippen LogP contribution in [0, 0.1) is 5.82 Å². The summed E-state index contributed by atoms with van der Waals surface area (Å²) in [4.78, 5) is 2.24. The third-order valence-electron chi connectivity index (χ3n) is 8.29. The molecule has 2 heterocycles. The summed E-state index contributed by atoms with van der Waals surface area (Å²) in [5.41, 5.74) is 5.68. The first-order valence-electron chi connectivity index (χ1n) is 14.0. The Labute approximate surface area is 239 Å². The third-order valence-corrected chi connectivity index (χ3v) is 8.29. The van der Waals surface area contributed by atoms with E-state index in [4.69, 9.17) is 8.83 Å². The van der Waals surface area contributed by atoms with Crippen molar-refractivity contribution >= 4 is 82.5 Å². The Morgan fingerprint density at radius 1 is 0.405 bits per heavy atom. The lowest BCUT2D eigenvalue weighted by Crippen LogP contribution is -2.11. The average Bonchev–Trinajstić information content (AvgIpc) is 3.60. The Morgan fingerprint density at radius 2 is 0.976 bits per heavy atom. The molecule has 0 spiro atoms. The van der Waals surface area contributed by atoms with E-state index in [-0.39, 0.29) is 5.82 Å². The largest absolute Gasteiger partial charge is 0.454 e. The minimum absolute atomic E-state index is 0.292. The van der Waals surface area contributed by atoms with Crippen LogP contribution in [0.25, 0.3) is 65.4 Å². The zero-order valence-corrected chi connectivity index (χ0v) is 22.3. The predicted octanol–water partition coefficient (Wildman–Crippen LogP) is 11.4. The van der Waals surface area contributed by atoms with Crippen LogP contribution in [0.3, 0.4) is 0 Å². The molecule has 2 aromatic heterocycles. The lowest BCUT2D eigenvalue weighted by molar-refractivity contribution is 0.626. The first-order chi connectivity index (χ1) is 20.7. The van der Waals surface area contributed by atoms with Crippen molar-refractivity contribution in [2.75, 3.05) is 4.90 Å². The summed E-state index contributed by atoms with van der Waals surface area (Å²) < 4.78 is 27.4. The summed E-state index contributed by atoms with van der Waals surface area (Å²) in [5.74, 6) is -0.292. The normalized spacial score (nSPS) is 11.9. The number of benzene rings is 7. The number of rotatable bonds is 3. The van der Waals surface area contributed by atoms with E-state index in [9.17, 15) is 4.39 Å². The minimum atomic E-state index is -0.292. The minimum Gasteiger partial charge on any atom is -0.454 e. The molecule has 0 N–H and O–H groups in total. The molecule has 0 atom stereocenters. The second kappa shape index (κ2) is 8.69. The summed E-state index contributed by atoms with van der Waals surface area (Å²) in [6.07, 6.45) is 0. The van der Waals surface area contributed by atoms with Crippen LogP contribution in [0.5, 0.6) is 0 Å². The zero-order chi connectivity index (χ0) is 27.8. The first-order valence-corrected chi connectivity index (χ1v) is 14.0. The Kier molecular flexibility index (Phi) is 4.79. The molecular weight excluding hydrogens is 521 g/mol. The van der Waals surface area contributed by atoms with E-state index < -0.39 is 0 Å². The molecule has 0 saturated heterocycles. The van der Waals surface area contributed by atoms with E-state index in [1.165, 1.54) is 11.5 Å². The number of hydrogen-bond acceptors (Lipinski definition) is 3. The summed E-state index contributed by atoms with van der Waals surface area (Å²) in [5, 5.41) is 8.29. The highest BCUT2D eigenvalue weighted by atomic mass is 19.1. The molecule has 0 aliphatic carbocycles. The molecule has 4 heteroatoms. The highest BCUT2D eigenvalue weighted by molar-refractivity contribution is 6.19. The topological polar surface area (TPSA) is 29.5 Å². The number of halogens is 1. The molecule has 9 rings (SSSR count). The predicted molar refractivity (Wildman–Crippen MR) is 171 cm³/mol. The van der Waals surface area contributed by atoms with Gasteiger partial charge in [-0.05, 0) is 58.6 Å². The second-order valence-corrected chi connectivity index (χ2v) is 10.6. The van der Waals surface area contributed by atoms with Gasteiger partial charge in [-0.3, -0.25) is 0 Å². The smallest absolute Gasteiger partial charge is 0.159 e. The highest BCUT2D eigenvalue weighted by Crippen LogP contribution is 2.48. The van der Waals surface area contributed by atoms with Gasteiger partial charge >= 0.3 is 0 Å². The number of furan rings is 2. The fourth-order valence-corrected chi connectivity index (χ4v) is 6.45. The van der Waals surface area contributed by atoms with Gasteiger partial charge in [-0.1, -0.05) is 91.0 Å². The fraction of sp³-hybridized carbons (Fsp3) is 0. The molecule has 3 nitrogen and oxygen atoms in total. The SMILES string of the molecule is Fc1ccc2oc3c(N(c4cc5ccccc5c5ccccc45)c4cccc5c4oc4ccccc45)cccc3c2c1. The van der Waals surface area contributed by atoms with Crippen LogP contribution in [0.2, 0.25) is 0 Å². The first kappa shape index (κ1) is 23.1. The van der Waals surface area contributed by atoms with E-state index in [1.54, 1.807) is 12.1 Å². The quantitative estimate of drug-likeness (QED) is 0.208. The molecule has 0 radical (unpaired) electrons. The lowest BCUT2D eigenvalue weighted by Gasteiger charge is -2.27. The van der Waals surface area contributed by atoms with Crippen LogP contribution < -0.4 is 4.90 Å². The van der Waals surface area contributed by atoms with Gasteiger partial charge in [0.05, 0.1) is 17.1 Å². The molecule has 7 aromatic carbocycles. The molecular formula is C38H22FNO2. The van der Waals surface area contributed by atoms with E-state index >= 15 is 0 Å².